The molecular formula is C13H16N2S. The summed E-state index contributed by atoms with van der Waals surface area (Å²) in [6.07, 6.45) is 1.84. The van der Waals surface area contributed by atoms with E-state index < -0.39 is 0 Å². The number of nitrogens with one attached hydrogen (secondary N) is 1. The van der Waals surface area contributed by atoms with Crippen LogP contribution in [-0.2, 0) is 6.54 Å². The Kier molecular flexibility index (Phi) is 3.25. The van der Waals surface area contributed by atoms with Crippen molar-refractivity contribution >= 4 is 17.2 Å². The first-order chi connectivity index (χ1) is 7.65. The van der Waals surface area contributed by atoms with Gasteiger partial charge in [0.1, 0.15) is 5.82 Å². The van der Waals surface area contributed by atoms with Gasteiger partial charge >= 0.3 is 0 Å². The number of anilines is 1. The van der Waals surface area contributed by atoms with Crippen LogP contribution in [0.4, 0.5) is 5.82 Å². The number of rotatable bonds is 3. The molecule has 2 rings (SSSR count). The molecule has 3 heteroatoms. The van der Waals surface area contributed by atoms with Gasteiger partial charge in [0.05, 0.1) is 6.54 Å². The summed E-state index contributed by atoms with van der Waals surface area (Å²) in [4.78, 5) is 7.03. The monoisotopic (exact) mass is 232 g/mol. The molecule has 2 nitrogen and oxygen atoms in total. The molecule has 0 saturated heterocycles. The van der Waals surface area contributed by atoms with Crippen LogP contribution in [0.25, 0.3) is 0 Å². The van der Waals surface area contributed by atoms with Crippen molar-refractivity contribution in [1.82, 2.24) is 4.98 Å². The zero-order valence-electron chi connectivity index (χ0n) is 9.87. The van der Waals surface area contributed by atoms with Crippen LogP contribution < -0.4 is 5.32 Å². The number of hydrogen-bond donors (Lipinski definition) is 1. The van der Waals surface area contributed by atoms with Crippen molar-refractivity contribution in [1.29, 1.82) is 0 Å². The van der Waals surface area contributed by atoms with Gasteiger partial charge in [0.2, 0.25) is 0 Å². The van der Waals surface area contributed by atoms with Crippen molar-refractivity contribution in [3.05, 3.63) is 45.3 Å². The highest BCUT2D eigenvalue weighted by Gasteiger charge is 2.01. The molecule has 0 aliphatic rings. The van der Waals surface area contributed by atoms with Crippen LogP contribution in [0.2, 0.25) is 0 Å². The SMILES string of the molecule is Cc1ccnc(NCc2cc(C)c(C)s2)c1. The van der Waals surface area contributed by atoms with Crippen LogP contribution in [-0.4, -0.2) is 4.98 Å². The third-order valence-corrected chi connectivity index (χ3v) is 3.73. The molecule has 84 valence electrons. The van der Waals surface area contributed by atoms with Gasteiger partial charge in [-0.25, -0.2) is 4.98 Å². The molecule has 1 N–H and O–H groups in total. The van der Waals surface area contributed by atoms with Gasteiger partial charge in [-0.3, -0.25) is 0 Å². The number of nitrogens with zero attached hydrogens (tertiary/aromatic N) is 1. The lowest BCUT2D eigenvalue weighted by molar-refractivity contribution is 1.13. The number of aromatic nitrogens is 1. The minimum Gasteiger partial charge on any atom is -0.365 e. The quantitative estimate of drug-likeness (QED) is 0.873. The summed E-state index contributed by atoms with van der Waals surface area (Å²) in [6, 6.07) is 6.31. The largest absolute Gasteiger partial charge is 0.365 e. The van der Waals surface area contributed by atoms with Crippen LogP contribution in [0.1, 0.15) is 20.9 Å². The summed E-state index contributed by atoms with van der Waals surface area (Å²) in [5.41, 5.74) is 2.61. The predicted octanol–water partition coefficient (Wildman–Crippen LogP) is 3.68. The maximum Gasteiger partial charge on any atom is 0.126 e. The molecule has 0 bridgehead atoms. The molecule has 0 spiro atoms. The minimum atomic E-state index is 0.857. The predicted molar refractivity (Wildman–Crippen MR) is 70.1 cm³/mol. The zero-order valence-corrected chi connectivity index (χ0v) is 10.7. The fourth-order valence-corrected chi connectivity index (χ4v) is 2.54. The molecule has 0 aliphatic carbocycles. The smallest absolute Gasteiger partial charge is 0.126 e. The Bertz CT molecular complexity index is 469. The Labute approximate surface area is 100 Å². The van der Waals surface area contributed by atoms with E-state index in [-0.39, 0.29) is 0 Å². The van der Waals surface area contributed by atoms with Gasteiger partial charge in [-0.2, -0.15) is 0 Å². The van der Waals surface area contributed by atoms with E-state index in [2.05, 4.69) is 43.2 Å². The van der Waals surface area contributed by atoms with Crippen molar-refractivity contribution in [3.63, 3.8) is 0 Å². The fraction of sp³-hybridized carbons (Fsp3) is 0.308. The van der Waals surface area contributed by atoms with Crippen LogP contribution in [0.5, 0.6) is 0 Å². The molecule has 16 heavy (non-hydrogen) atoms. The topological polar surface area (TPSA) is 24.9 Å². The van der Waals surface area contributed by atoms with Gasteiger partial charge in [-0.05, 0) is 50.1 Å². The van der Waals surface area contributed by atoms with Crippen molar-refractivity contribution in [2.75, 3.05) is 5.32 Å². The third kappa shape index (κ3) is 2.61. The van der Waals surface area contributed by atoms with Crippen molar-refractivity contribution in [2.24, 2.45) is 0 Å². The highest BCUT2D eigenvalue weighted by atomic mass is 32.1. The van der Waals surface area contributed by atoms with Gasteiger partial charge in [-0.1, -0.05) is 0 Å². The number of thiophene rings is 1. The average Bonchev–Trinajstić information content (AvgIpc) is 2.56. The lowest BCUT2D eigenvalue weighted by atomic mass is 10.3. The molecule has 2 aromatic heterocycles. The fourth-order valence-electron chi connectivity index (χ4n) is 1.55. The van der Waals surface area contributed by atoms with E-state index >= 15 is 0 Å². The van der Waals surface area contributed by atoms with E-state index in [9.17, 15) is 0 Å². The standard InChI is InChI=1S/C13H16N2S/c1-9-4-5-14-13(6-9)15-8-12-7-10(2)11(3)16-12/h4-7H,8H2,1-3H3,(H,14,15). The molecule has 0 saturated carbocycles. The third-order valence-electron chi connectivity index (χ3n) is 2.58. The summed E-state index contributed by atoms with van der Waals surface area (Å²) in [5, 5.41) is 3.34. The van der Waals surface area contributed by atoms with Gasteiger partial charge in [0.15, 0.2) is 0 Å². The molecule has 0 radical (unpaired) electrons. The Morgan fingerprint density at radius 1 is 1.25 bits per heavy atom. The summed E-state index contributed by atoms with van der Waals surface area (Å²) >= 11 is 1.85. The van der Waals surface area contributed by atoms with Crippen molar-refractivity contribution in [2.45, 2.75) is 27.3 Å². The van der Waals surface area contributed by atoms with Crippen LogP contribution in [0.15, 0.2) is 24.4 Å². The van der Waals surface area contributed by atoms with Gasteiger partial charge in [-0.15, -0.1) is 11.3 Å². The highest BCUT2D eigenvalue weighted by Crippen LogP contribution is 2.21. The Morgan fingerprint density at radius 2 is 2.06 bits per heavy atom. The number of hydrogen-bond acceptors (Lipinski definition) is 3. The minimum absolute atomic E-state index is 0.857. The molecule has 0 aromatic carbocycles. The maximum absolute atomic E-state index is 4.28. The lowest BCUT2D eigenvalue weighted by Crippen LogP contribution is -1.99. The van der Waals surface area contributed by atoms with Gasteiger partial charge in [0, 0.05) is 16.0 Å². The second-order valence-corrected chi connectivity index (χ2v) is 5.36. The Balaban J connectivity index is 2.02. The Morgan fingerprint density at radius 3 is 2.69 bits per heavy atom. The molecule has 0 atom stereocenters. The average molecular weight is 232 g/mol. The normalized spacial score (nSPS) is 10.4. The van der Waals surface area contributed by atoms with Crippen LogP contribution in [0, 0.1) is 20.8 Å². The molecule has 2 aromatic rings. The van der Waals surface area contributed by atoms with E-state index in [1.165, 1.54) is 20.9 Å². The van der Waals surface area contributed by atoms with E-state index in [1.807, 2.05) is 23.6 Å². The second kappa shape index (κ2) is 4.66. The molecule has 2 heterocycles. The number of pyridine rings is 1. The lowest BCUT2D eigenvalue weighted by Gasteiger charge is -2.03. The summed E-state index contributed by atoms with van der Waals surface area (Å²) in [5.74, 6) is 0.948. The molecule has 0 aliphatic heterocycles. The summed E-state index contributed by atoms with van der Waals surface area (Å²) in [7, 11) is 0. The first-order valence-electron chi connectivity index (χ1n) is 5.37. The van der Waals surface area contributed by atoms with Crippen LogP contribution in [0.3, 0.4) is 0 Å². The second-order valence-electron chi connectivity index (χ2n) is 4.02. The van der Waals surface area contributed by atoms with Crippen molar-refractivity contribution in [3.8, 4) is 0 Å². The Hall–Kier alpha value is -1.35. The first-order valence-corrected chi connectivity index (χ1v) is 6.19. The molecule has 0 unspecified atom stereocenters. The number of aryl methyl sites for hydroxylation is 3. The van der Waals surface area contributed by atoms with E-state index in [4.69, 9.17) is 0 Å². The maximum atomic E-state index is 4.28. The molecule has 0 fully saturated rings. The van der Waals surface area contributed by atoms with Gasteiger partial charge < -0.3 is 5.32 Å². The summed E-state index contributed by atoms with van der Waals surface area (Å²) in [6.45, 7) is 7.25. The van der Waals surface area contributed by atoms with E-state index in [0.29, 0.717) is 0 Å². The van der Waals surface area contributed by atoms with Crippen molar-refractivity contribution < 1.29 is 0 Å². The zero-order chi connectivity index (χ0) is 11.5. The molecular weight excluding hydrogens is 216 g/mol. The van der Waals surface area contributed by atoms with Crippen LogP contribution >= 0.6 is 11.3 Å². The molecule has 0 amide bonds. The summed E-state index contributed by atoms with van der Waals surface area (Å²) < 4.78 is 0. The van der Waals surface area contributed by atoms with Gasteiger partial charge in [0.25, 0.3) is 0 Å². The van der Waals surface area contributed by atoms with E-state index in [0.717, 1.165) is 12.4 Å². The van der Waals surface area contributed by atoms with E-state index in [1.54, 1.807) is 0 Å². The first kappa shape index (κ1) is 11.1. The highest BCUT2D eigenvalue weighted by molar-refractivity contribution is 7.12.